The summed E-state index contributed by atoms with van der Waals surface area (Å²) in [5, 5.41) is 12.3. The predicted molar refractivity (Wildman–Crippen MR) is 80.9 cm³/mol. The highest BCUT2D eigenvalue weighted by atomic mass is 16.7. The molecular formula is C15H21N5O2. The van der Waals surface area contributed by atoms with E-state index in [4.69, 9.17) is 9.47 Å². The minimum Gasteiger partial charge on any atom is -0.454 e. The molecule has 1 aromatic carbocycles. The molecule has 0 saturated heterocycles. The first-order chi connectivity index (χ1) is 10.4. The number of rotatable bonds is 3. The number of aromatic nitrogens is 4. The maximum absolute atomic E-state index is 5.48. The van der Waals surface area contributed by atoms with E-state index in [1.807, 2.05) is 37.0 Å². The lowest BCUT2D eigenvalue weighted by Gasteiger charge is -2.28. The first kappa shape index (κ1) is 14.8. The summed E-state index contributed by atoms with van der Waals surface area (Å²) in [6.45, 7) is 6.52. The van der Waals surface area contributed by atoms with Crippen molar-refractivity contribution < 1.29 is 9.47 Å². The lowest BCUT2D eigenvalue weighted by molar-refractivity contribution is 0.174. The fourth-order valence-corrected chi connectivity index (χ4v) is 2.60. The van der Waals surface area contributed by atoms with Gasteiger partial charge in [-0.05, 0) is 63.0 Å². The molecule has 1 aliphatic heterocycles. The molecule has 0 bridgehead atoms. The van der Waals surface area contributed by atoms with E-state index in [0.29, 0.717) is 0 Å². The van der Waals surface area contributed by atoms with E-state index in [-0.39, 0.29) is 18.4 Å². The molecule has 2 aromatic rings. The summed E-state index contributed by atoms with van der Waals surface area (Å²) in [5.74, 6) is 2.34. The average Bonchev–Trinajstić information content (AvgIpc) is 3.05. The minimum atomic E-state index is -0.191. The molecule has 1 aliphatic rings. The van der Waals surface area contributed by atoms with Crippen molar-refractivity contribution in [2.45, 2.75) is 32.4 Å². The number of ether oxygens (including phenoxy) is 2. The third-order valence-electron chi connectivity index (χ3n) is 3.60. The highest BCUT2D eigenvalue weighted by molar-refractivity contribution is 5.46. The third kappa shape index (κ3) is 2.52. The standard InChI is InChI=1S/C15H21N5O2/c1-15(2,3)20-14(16-17-18-20)13(19(4)5)10-6-7-11-12(8-10)22-9-21-11/h6-8,13H,9H2,1-5H3/t13-/m1/s1. The molecule has 0 saturated carbocycles. The Morgan fingerprint density at radius 3 is 2.59 bits per heavy atom. The second-order valence-corrected chi connectivity index (χ2v) is 6.60. The largest absolute Gasteiger partial charge is 0.454 e. The highest BCUT2D eigenvalue weighted by Gasteiger charge is 2.29. The molecule has 0 spiro atoms. The maximum Gasteiger partial charge on any atom is 0.231 e. The molecule has 0 aliphatic carbocycles. The van der Waals surface area contributed by atoms with Gasteiger partial charge >= 0.3 is 0 Å². The first-order valence-corrected chi connectivity index (χ1v) is 7.22. The van der Waals surface area contributed by atoms with Crippen LogP contribution in [0.15, 0.2) is 18.2 Å². The van der Waals surface area contributed by atoms with Crippen molar-refractivity contribution >= 4 is 0 Å². The normalized spacial score (nSPS) is 15.4. The Morgan fingerprint density at radius 2 is 1.91 bits per heavy atom. The van der Waals surface area contributed by atoms with Crippen LogP contribution in [0.5, 0.6) is 11.5 Å². The Labute approximate surface area is 129 Å². The van der Waals surface area contributed by atoms with Gasteiger partial charge in [0.05, 0.1) is 11.6 Å². The van der Waals surface area contributed by atoms with Gasteiger partial charge in [-0.25, -0.2) is 4.68 Å². The SMILES string of the molecule is CN(C)[C@H](c1ccc2c(c1)OCO2)c1nnnn1C(C)(C)C. The molecule has 7 nitrogen and oxygen atoms in total. The molecule has 2 heterocycles. The van der Waals surface area contributed by atoms with Crippen molar-refractivity contribution in [3.8, 4) is 11.5 Å². The van der Waals surface area contributed by atoms with E-state index in [2.05, 4.69) is 41.2 Å². The van der Waals surface area contributed by atoms with E-state index in [1.54, 1.807) is 0 Å². The second-order valence-electron chi connectivity index (χ2n) is 6.60. The molecule has 118 valence electrons. The lowest BCUT2D eigenvalue weighted by Crippen LogP contribution is -2.31. The summed E-state index contributed by atoms with van der Waals surface area (Å²) in [6, 6.07) is 5.89. The summed E-state index contributed by atoms with van der Waals surface area (Å²) in [5.41, 5.74) is 0.873. The Morgan fingerprint density at radius 1 is 1.18 bits per heavy atom. The van der Waals surface area contributed by atoms with Gasteiger partial charge in [0.15, 0.2) is 17.3 Å². The van der Waals surface area contributed by atoms with Crippen LogP contribution in [-0.2, 0) is 5.54 Å². The van der Waals surface area contributed by atoms with Crippen molar-refractivity contribution in [1.82, 2.24) is 25.1 Å². The Bertz CT molecular complexity index is 675. The van der Waals surface area contributed by atoms with Crippen LogP contribution in [0.25, 0.3) is 0 Å². The molecule has 0 radical (unpaired) electrons. The van der Waals surface area contributed by atoms with Gasteiger partial charge in [-0.15, -0.1) is 5.10 Å². The second kappa shape index (κ2) is 5.24. The Kier molecular flexibility index (Phi) is 3.52. The lowest BCUT2D eigenvalue weighted by atomic mass is 10.0. The molecule has 7 heteroatoms. The zero-order valence-electron chi connectivity index (χ0n) is 13.6. The van der Waals surface area contributed by atoms with E-state index < -0.39 is 0 Å². The van der Waals surface area contributed by atoms with Crippen LogP contribution in [0.4, 0.5) is 0 Å². The van der Waals surface area contributed by atoms with Crippen LogP contribution in [0.3, 0.4) is 0 Å². The van der Waals surface area contributed by atoms with Gasteiger partial charge in [-0.3, -0.25) is 4.90 Å². The van der Waals surface area contributed by atoms with Crippen molar-refractivity contribution in [2.75, 3.05) is 20.9 Å². The van der Waals surface area contributed by atoms with Gasteiger partial charge in [-0.1, -0.05) is 6.07 Å². The van der Waals surface area contributed by atoms with Crippen molar-refractivity contribution in [2.24, 2.45) is 0 Å². The van der Waals surface area contributed by atoms with Crippen LogP contribution in [0.2, 0.25) is 0 Å². The van der Waals surface area contributed by atoms with Crippen molar-refractivity contribution in [3.63, 3.8) is 0 Å². The molecule has 0 N–H and O–H groups in total. The van der Waals surface area contributed by atoms with Gasteiger partial charge in [-0.2, -0.15) is 0 Å². The van der Waals surface area contributed by atoms with Crippen LogP contribution < -0.4 is 9.47 Å². The molecule has 3 rings (SSSR count). The monoisotopic (exact) mass is 303 g/mol. The zero-order valence-corrected chi connectivity index (χ0v) is 13.6. The quantitative estimate of drug-likeness (QED) is 0.861. The van der Waals surface area contributed by atoms with E-state index >= 15 is 0 Å². The van der Waals surface area contributed by atoms with Crippen LogP contribution in [-0.4, -0.2) is 46.0 Å². The summed E-state index contributed by atoms with van der Waals surface area (Å²) < 4.78 is 12.7. The molecule has 0 amide bonds. The zero-order chi connectivity index (χ0) is 15.9. The third-order valence-corrected chi connectivity index (χ3v) is 3.60. The number of tetrazole rings is 1. The van der Waals surface area contributed by atoms with E-state index in [1.165, 1.54) is 0 Å². The van der Waals surface area contributed by atoms with Gasteiger partial charge < -0.3 is 9.47 Å². The number of hydrogen-bond donors (Lipinski definition) is 0. The van der Waals surface area contributed by atoms with Gasteiger partial charge in [0.2, 0.25) is 6.79 Å². The minimum absolute atomic E-state index is 0.0660. The predicted octanol–water partition coefficient (Wildman–Crippen LogP) is 1.81. The van der Waals surface area contributed by atoms with Crippen molar-refractivity contribution in [1.29, 1.82) is 0 Å². The van der Waals surface area contributed by atoms with E-state index in [0.717, 1.165) is 22.9 Å². The number of nitrogens with zero attached hydrogens (tertiary/aromatic N) is 5. The summed E-state index contributed by atoms with van der Waals surface area (Å²) in [6.07, 6.45) is 0. The van der Waals surface area contributed by atoms with Crippen LogP contribution in [0, 0.1) is 0 Å². The molecule has 0 fully saturated rings. The Balaban J connectivity index is 2.06. The van der Waals surface area contributed by atoms with Gasteiger partial charge in [0, 0.05) is 0 Å². The van der Waals surface area contributed by atoms with Gasteiger partial charge in [0.25, 0.3) is 0 Å². The smallest absolute Gasteiger partial charge is 0.231 e. The maximum atomic E-state index is 5.48. The fraction of sp³-hybridized carbons (Fsp3) is 0.533. The Hall–Kier alpha value is -2.15. The summed E-state index contributed by atoms with van der Waals surface area (Å²) in [7, 11) is 4.02. The molecular weight excluding hydrogens is 282 g/mol. The summed E-state index contributed by atoms with van der Waals surface area (Å²) in [4.78, 5) is 2.09. The molecule has 0 unspecified atom stereocenters. The number of benzene rings is 1. The average molecular weight is 303 g/mol. The topological polar surface area (TPSA) is 65.3 Å². The van der Waals surface area contributed by atoms with Crippen LogP contribution in [0.1, 0.15) is 38.2 Å². The molecule has 22 heavy (non-hydrogen) atoms. The van der Waals surface area contributed by atoms with Crippen LogP contribution >= 0.6 is 0 Å². The van der Waals surface area contributed by atoms with E-state index in [9.17, 15) is 0 Å². The van der Waals surface area contributed by atoms with Gasteiger partial charge in [0.1, 0.15) is 0 Å². The number of fused-ring (bicyclic) bond motifs is 1. The highest BCUT2D eigenvalue weighted by Crippen LogP contribution is 2.37. The molecule has 1 aromatic heterocycles. The fourth-order valence-electron chi connectivity index (χ4n) is 2.60. The molecule has 1 atom stereocenters. The first-order valence-electron chi connectivity index (χ1n) is 7.22. The van der Waals surface area contributed by atoms with Crippen molar-refractivity contribution in [3.05, 3.63) is 29.6 Å². The number of hydrogen-bond acceptors (Lipinski definition) is 6. The summed E-state index contributed by atoms with van der Waals surface area (Å²) >= 11 is 0.